The highest BCUT2D eigenvalue weighted by atomic mass is 14.0. The Balaban J connectivity index is 1.79. The Morgan fingerprint density at radius 3 is 2.22 bits per heavy atom. The molecule has 87 valence electrons. The molecule has 0 aliphatic heterocycles. The molecule has 0 fully saturated rings. The van der Waals surface area contributed by atoms with E-state index in [1.165, 1.54) is 21.9 Å². The number of fused-ring (bicyclic) bond motifs is 1. The first kappa shape index (κ1) is 11.0. The third kappa shape index (κ3) is 2.43. The van der Waals surface area contributed by atoms with Gasteiger partial charge in [-0.3, -0.25) is 0 Å². The second kappa shape index (κ2) is 5.05. The molecule has 0 aliphatic rings. The van der Waals surface area contributed by atoms with Crippen LogP contribution >= 0.6 is 0 Å². The highest BCUT2D eigenvalue weighted by molar-refractivity contribution is 5.83. The zero-order valence-electron chi connectivity index (χ0n) is 10.2. The maximum atomic E-state index is 2.27. The minimum Gasteiger partial charge on any atom is -0.0622 e. The molecule has 0 aliphatic carbocycles. The summed E-state index contributed by atoms with van der Waals surface area (Å²) in [4.78, 5) is 0. The molecule has 0 heteroatoms. The van der Waals surface area contributed by atoms with E-state index in [1.807, 2.05) is 6.07 Å². The van der Waals surface area contributed by atoms with E-state index in [0.29, 0.717) is 0 Å². The van der Waals surface area contributed by atoms with Gasteiger partial charge >= 0.3 is 0 Å². The van der Waals surface area contributed by atoms with Gasteiger partial charge in [0, 0.05) is 0 Å². The first-order valence-corrected chi connectivity index (χ1v) is 6.28. The lowest BCUT2D eigenvalue weighted by Crippen LogP contribution is -1.88. The Kier molecular flexibility index (Phi) is 3.10. The maximum absolute atomic E-state index is 2.27. The second-order valence-electron chi connectivity index (χ2n) is 4.50. The van der Waals surface area contributed by atoms with Crippen molar-refractivity contribution in [1.29, 1.82) is 0 Å². The summed E-state index contributed by atoms with van der Waals surface area (Å²) in [5.41, 5.74) is 2.64. The molecule has 0 spiro atoms. The van der Waals surface area contributed by atoms with Crippen molar-refractivity contribution in [2.24, 2.45) is 0 Å². The summed E-state index contributed by atoms with van der Waals surface area (Å²) >= 11 is 0. The van der Waals surface area contributed by atoms with Crippen LogP contribution in [0, 0.1) is 6.42 Å². The van der Waals surface area contributed by atoms with Crippen molar-refractivity contribution in [3.05, 3.63) is 90.3 Å². The average molecular weight is 231 g/mol. The topological polar surface area (TPSA) is 0 Å². The summed E-state index contributed by atoms with van der Waals surface area (Å²) < 4.78 is 0. The first-order chi connectivity index (χ1) is 8.92. The number of rotatable bonds is 3. The fourth-order valence-electron chi connectivity index (χ4n) is 2.19. The molecule has 0 N–H and O–H groups in total. The summed E-state index contributed by atoms with van der Waals surface area (Å²) in [6.45, 7) is 0. The van der Waals surface area contributed by atoms with E-state index in [2.05, 4.69) is 73.2 Å². The molecule has 0 atom stereocenters. The van der Waals surface area contributed by atoms with Crippen LogP contribution in [0.15, 0.2) is 72.8 Å². The highest BCUT2D eigenvalue weighted by Crippen LogP contribution is 2.17. The zero-order valence-corrected chi connectivity index (χ0v) is 10.2. The number of hydrogen-bond acceptors (Lipinski definition) is 0. The van der Waals surface area contributed by atoms with Gasteiger partial charge in [-0.2, -0.15) is 0 Å². The van der Waals surface area contributed by atoms with Gasteiger partial charge in [0.05, 0.1) is 0 Å². The normalized spacial score (nSPS) is 10.7. The lowest BCUT2D eigenvalue weighted by atomic mass is 10.0. The third-order valence-corrected chi connectivity index (χ3v) is 3.19. The van der Waals surface area contributed by atoms with E-state index in [1.54, 1.807) is 0 Å². The smallest absolute Gasteiger partial charge is 0.00494 e. The lowest BCUT2D eigenvalue weighted by molar-refractivity contribution is 1.17. The van der Waals surface area contributed by atoms with Gasteiger partial charge in [-0.1, -0.05) is 72.8 Å². The van der Waals surface area contributed by atoms with Crippen LogP contribution in [0.2, 0.25) is 0 Å². The first-order valence-electron chi connectivity index (χ1n) is 6.28. The Morgan fingerprint density at radius 2 is 1.39 bits per heavy atom. The van der Waals surface area contributed by atoms with Crippen LogP contribution in [0.3, 0.4) is 0 Å². The molecule has 18 heavy (non-hydrogen) atoms. The zero-order chi connectivity index (χ0) is 12.2. The quantitative estimate of drug-likeness (QED) is 0.616. The van der Waals surface area contributed by atoms with Gasteiger partial charge in [0.2, 0.25) is 0 Å². The molecule has 0 bridgehead atoms. The molecular weight excluding hydrogens is 216 g/mol. The Bertz CT molecular complexity index is 638. The number of hydrogen-bond donors (Lipinski definition) is 0. The summed E-state index contributed by atoms with van der Waals surface area (Å²) in [5.74, 6) is 0. The van der Waals surface area contributed by atoms with Crippen molar-refractivity contribution in [2.45, 2.75) is 6.42 Å². The van der Waals surface area contributed by atoms with Gasteiger partial charge in [-0.15, -0.1) is 0 Å². The van der Waals surface area contributed by atoms with E-state index < -0.39 is 0 Å². The predicted molar refractivity (Wildman–Crippen MR) is 77.5 cm³/mol. The molecule has 3 aromatic carbocycles. The number of benzene rings is 3. The molecule has 0 amide bonds. The minimum atomic E-state index is 0.981. The lowest BCUT2D eigenvalue weighted by Gasteiger charge is -2.04. The van der Waals surface area contributed by atoms with Crippen LogP contribution in [0.4, 0.5) is 0 Å². The van der Waals surface area contributed by atoms with Gasteiger partial charge < -0.3 is 0 Å². The van der Waals surface area contributed by atoms with E-state index >= 15 is 0 Å². The summed E-state index contributed by atoms with van der Waals surface area (Å²) in [7, 11) is 0. The van der Waals surface area contributed by atoms with Gasteiger partial charge in [-0.25, -0.2) is 0 Å². The molecule has 0 nitrogen and oxygen atoms in total. The highest BCUT2D eigenvalue weighted by Gasteiger charge is 1.98. The van der Waals surface area contributed by atoms with Crippen LogP contribution in [0.1, 0.15) is 11.1 Å². The SMILES string of the molecule is [CH](Cc1ccc2ccccc2c1)c1ccccc1. The van der Waals surface area contributed by atoms with E-state index in [4.69, 9.17) is 0 Å². The van der Waals surface area contributed by atoms with Crippen LogP contribution in [-0.4, -0.2) is 0 Å². The molecular formula is C18H15. The standard InChI is InChI=1S/C18H15/c1-2-6-15(7-3-1)10-11-16-12-13-17-8-4-5-9-18(17)14-16/h1-10,12-14H,11H2. The Hall–Kier alpha value is -2.08. The fraction of sp³-hybridized carbons (Fsp3) is 0.0556. The minimum absolute atomic E-state index is 0.981. The van der Waals surface area contributed by atoms with Gasteiger partial charge in [0.15, 0.2) is 0 Å². The van der Waals surface area contributed by atoms with Gasteiger partial charge in [-0.05, 0) is 34.7 Å². The van der Waals surface area contributed by atoms with Crippen molar-refractivity contribution >= 4 is 10.8 Å². The van der Waals surface area contributed by atoms with Crippen LogP contribution in [-0.2, 0) is 6.42 Å². The molecule has 0 saturated heterocycles. The van der Waals surface area contributed by atoms with Crippen molar-refractivity contribution in [3.63, 3.8) is 0 Å². The van der Waals surface area contributed by atoms with Crippen molar-refractivity contribution in [2.75, 3.05) is 0 Å². The van der Waals surface area contributed by atoms with Gasteiger partial charge in [0.25, 0.3) is 0 Å². The Labute approximate surface area is 108 Å². The Morgan fingerprint density at radius 1 is 0.667 bits per heavy atom. The molecule has 3 rings (SSSR count). The van der Waals surface area contributed by atoms with Crippen LogP contribution in [0.5, 0.6) is 0 Å². The molecule has 0 aromatic heterocycles. The van der Waals surface area contributed by atoms with E-state index in [9.17, 15) is 0 Å². The largest absolute Gasteiger partial charge is 0.0622 e. The van der Waals surface area contributed by atoms with Crippen LogP contribution in [0.25, 0.3) is 10.8 Å². The fourth-order valence-corrected chi connectivity index (χ4v) is 2.19. The van der Waals surface area contributed by atoms with E-state index in [0.717, 1.165) is 6.42 Å². The average Bonchev–Trinajstić information content (AvgIpc) is 2.46. The predicted octanol–water partition coefficient (Wildman–Crippen LogP) is 4.63. The summed E-state index contributed by atoms with van der Waals surface area (Å²) in [5, 5.41) is 2.62. The van der Waals surface area contributed by atoms with Crippen molar-refractivity contribution in [3.8, 4) is 0 Å². The summed E-state index contributed by atoms with van der Waals surface area (Å²) in [6, 6.07) is 25.7. The van der Waals surface area contributed by atoms with Crippen LogP contribution < -0.4 is 0 Å². The van der Waals surface area contributed by atoms with Crippen molar-refractivity contribution < 1.29 is 0 Å². The maximum Gasteiger partial charge on any atom is -0.00494 e. The van der Waals surface area contributed by atoms with Gasteiger partial charge in [0.1, 0.15) is 0 Å². The molecule has 1 radical (unpaired) electrons. The monoisotopic (exact) mass is 231 g/mol. The van der Waals surface area contributed by atoms with Crippen molar-refractivity contribution in [1.82, 2.24) is 0 Å². The summed E-state index contributed by atoms with van der Waals surface area (Å²) in [6.07, 6.45) is 3.25. The molecule has 0 heterocycles. The molecule has 0 saturated carbocycles. The molecule has 0 unspecified atom stereocenters. The van der Waals surface area contributed by atoms with E-state index in [-0.39, 0.29) is 0 Å². The molecule has 3 aromatic rings. The second-order valence-corrected chi connectivity index (χ2v) is 4.50. The third-order valence-electron chi connectivity index (χ3n) is 3.19.